The summed E-state index contributed by atoms with van der Waals surface area (Å²) < 4.78 is 2.35. The van der Waals surface area contributed by atoms with Gasteiger partial charge in [-0.05, 0) is 12.0 Å². The van der Waals surface area contributed by atoms with Crippen molar-refractivity contribution in [2.24, 2.45) is 0 Å². The Morgan fingerprint density at radius 1 is 0.760 bits per heavy atom. The van der Waals surface area contributed by atoms with Crippen LogP contribution in [0, 0.1) is 0 Å². The summed E-state index contributed by atoms with van der Waals surface area (Å²) in [5, 5.41) is 0. The maximum Gasteiger partial charge on any atom is 0.254 e. The highest BCUT2D eigenvalue weighted by Crippen LogP contribution is 2.12. The minimum absolute atomic E-state index is 0.970. The van der Waals surface area contributed by atoms with Crippen LogP contribution in [0.2, 0.25) is 0 Å². The molecule has 0 aliphatic heterocycles. The monoisotopic (exact) mass is 341 g/mol. The molecule has 0 atom stereocenters. The molecule has 1 N–H and O–H groups in total. The molecule has 25 heavy (non-hydrogen) atoms. The fourth-order valence-corrected chi connectivity index (χ4v) is 3.50. The van der Waals surface area contributed by atoms with Crippen LogP contribution in [0.25, 0.3) is 0 Å². The zero-order valence-electron chi connectivity index (χ0n) is 16.2. The molecule has 2 nitrogen and oxygen atoms in total. The number of benzene rings is 1. The molecule has 0 saturated heterocycles. The van der Waals surface area contributed by atoms with Crippen LogP contribution in [0.3, 0.4) is 0 Å². The highest BCUT2D eigenvalue weighted by atomic mass is 15.1. The van der Waals surface area contributed by atoms with Gasteiger partial charge in [-0.1, -0.05) is 101 Å². The molecule has 0 radical (unpaired) electrons. The Kier molecular flexibility index (Phi) is 10.1. The Morgan fingerprint density at radius 2 is 1.36 bits per heavy atom. The van der Waals surface area contributed by atoms with Gasteiger partial charge in [0, 0.05) is 6.42 Å². The van der Waals surface area contributed by atoms with Crippen LogP contribution in [0.5, 0.6) is 0 Å². The van der Waals surface area contributed by atoms with E-state index in [9.17, 15) is 0 Å². The molecule has 0 saturated carbocycles. The van der Waals surface area contributed by atoms with Gasteiger partial charge in [0.05, 0.1) is 0 Å². The summed E-state index contributed by atoms with van der Waals surface area (Å²) >= 11 is 0. The topological polar surface area (TPSA) is 19.7 Å². The molecule has 0 spiro atoms. The predicted molar refractivity (Wildman–Crippen MR) is 107 cm³/mol. The maximum absolute atomic E-state index is 3.42. The fourth-order valence-electron chi connectivity index (χ4n) is 3.50. The third-order valence-electron chi connectivity index (χ3n) is 5.06. The van der Waals surface area contributed by atoms with E-state index in [0.29, 0.717) is 0 Å². The van der Waals surface area contributed by atoms with Crippen LogP contribution in [0.4, 0.5) is 0 Å². The number of imidazole rings is 1. The van der Waals surface area contributed by atoms with Gasteiger partial charge < -0.3 is 0 Å². The van der Waals surface area contributed by atoms with Crippen molar-refractivity contribution < 1.29 is 4.57 Å². The Labute approximate surface area is 154 Å². The Balaban J connectivity index is 1.52. The second-order valence-corrected chi connectivity index (χ2v) is 7.31. The SMILES string of the molecule is CCCCCCCCCCCCCc1[nH]cc[n+]1Cc1ccccc1. The van der Waals surface area contributed by atoms with Crippen molar-refractivity contribution in [1.29, 1.82) is 0 Å². The molecule has 2 aromatic rings. The average molecular weight is 342 g/mol. The molecule has 0 bridgehead atoms. The summed E-state index contributed by atoms with van der Waals surface area (Å²) in [6.07, 6.45) is 20.9. The number of rotatable bonds is 14. The number of hydrogen-bond donors (Lipinski definition) is 1. The number of nitrogens with zero attached hydrogens (tertiary/aromatic N) is 1. The third kappa shape index (κ3) is 8.38. The van der Waals surface area contributed by atoms with Gasteiger partial charge >= 0.3 is 0 Å². The Morgan fingerprint density at radius 3 is 2.00 bits per heavy atom. The highest BCUT2D eigenvalue weighted by molar-refractivity contribution is 5.13. The number of aromatic nitrogens is 2. The first-order valence-corrected chi connectivity index (χ1v) is 10.5. The maximum atomic E-state index is 3.42. The lowest BCUT2D eigenvalue weighted by Gasteiger charge is -2.03. The van der Waals surface area contributed by atoms with Crippen LogP contribution in [-0.4, -0.2) is 4.98 Å². The van der Waals surface area contributed by atoms with Crippen LogP contribution in [0.15, 0.2) is 42.7 Å². The van der Waals surface area contributed by atoms with E-state index in [1.807, 2.05) is 0 Å². The zero-order valence-corrected chi connectivity index (χ0v) is 16.2. The first-order chi connectivity index (χ1) is 12.4. The van der Waals surface area contributed by atoms with Gasteiger partial charge in [-0.15, -0.1) is 0 Å². The van der Waals surface area contributed by atoms with E-state index in [0.717, 1.165) is 13.0 Å². The lowest BCUT2D eigenvalue weighted by molar-refractivity contribution is -0.694. The summed E-state index contributed by atoms with van der Waals surface area (Å²) in [5.41, 5.74) is 1.37. The highest BCUT2D eigenvalue weighted by Gasteiger charge is 2.10. The second-order valence-electron chi connectivity index (χ2n) is 7.31. The van der Waals surface area contributed by atoms with Gasteiger partial charge in [0.1, 0.15) is 18.9 Å². The molecule has 0 amide bonds. The smallest absolute Gasteiger partial charge is 0.248 e. The lowest BCUT2D eigenvalue weighted by atomic mass is 10.1. The molecule has 1 heterocycles. The van der Waals surface area contributed by atoms with Crippen molar-refractivity contribution in [3.8, 4) is 0 Å². The molecule has 2 rings (SSSR count). The van der Waals surface area contributed by atoms with Gasteiger partial charge in [-0.2, -0.15) is 0 Å². The predicted octanol–water partition coefficient (Wildman–Crippen LogP) is 6.20. The van der Waals surface area contributed by atoms with Gasteiger partial charge in [0.15, 0.2) is 0 Å². The number of nitrogens with one attached hydrogen (secondary N) is 1. The van der Waals surface area contributed by atoms with Crippen LogP contribution < -0.4 is 4.57 Å². The quantitative estimate of drug-likeness (QED) is 0.311. The largest absolute Gasteiger partial charge is 0.254 e. The van der Waals surface area contributed by atoms with Crippen molar-refractivity contribution in [2.75, 3.05) is 0 Å². The van der Waals surface area contributed by atoms with Gasteiger partial charge in [-0.3, -0.25) is 0 Å². The van der Waals surface area contributed by atoms with Crippen molar-refractivity contribution in [2.45, 2.75) is 90.5 Å². The van der Waals surface area contributed by atoms with Crippen LogP contribution in [0.1, 0.15) is 88.9 Å². The molecular formula is C23H37N2+. The summed E-state index contributed by atoms with van der Waals surface area (Å²) in [5.74, 6) is 1.36. The normalized spacial score (nSPS) is 11.1. The number of aryl methyl sites for hydroxylation is 1. The number of hydrogen-bond acceptors (Lipinski definition) is 0. The van der Waals surface area contributed by atoms with E-state index in [2.05, 4.69) is 59.2 Å². The van der Waals surface area contributed by atoms with Gasteiger partial charge in [0.2, 0.25) is 0 Å². The van der Waals surface area contributed by atoms with Crippen molar-refractivity contribution in [1.82, 2.24) is 4.98 Å². The third-order valence-corrected chi connectivity index (χ3v) is 5.06. The van der Waals surface area contributed by atoms with Crippen LogP contribution >= 0.6 is 0 Å². The first-order valence-electron chi connectivity index (χ1n) is 10.5. The van der Waals surface area contributed by atoms with Crippen molar-refractivity contribution in [3.05, 3.63) is 54.1 Å². The molecule has 1 aromatic carbocycles. The van der Waals surface area contributed by atoms with Gasteiger partial charge in [-0.25, -0.2) is 9.55 Å². The molecule has 0 unspecified atom stereocenters. The van der Waals surface area contributed by atoms with Crippen molar-refractivity contribution in [3.63, 3.8) is 0 Å². The molecule has 138 valence electrons. The molecule has 0 aliphatic carbocycles. The van der Waals surface area contributed by atoms with Gasteiger partial charge in [0.25, 0.3) is 5.82 Å². The summed E-state index contributed by atoms with van der Waals surface area (Å²) in [6, 6.07) is 10.7. The molecule has 0 aliphatic rings. The van der Waals surface area contributed by atoms with E-state index >= 15 is 0 Å². The van der Waals surface area contributed by atoms with E-state index in [1.165, 1.54) is 82.0 Å². The zero-order chi connectivity index (χ0) is 17.6. The van der Waals surface area contributed by atoms with E-state index in [4.69, 9.17) is 0 Å². The summed E-state index contributed by atoms with van der Waals surface area (Å²) in [6.45, 7) is 3.26. The fraction of sp³-hybridized carbons (Fsp3) is 0.609. The standard InChI is InChI=1S/C23H36N2/c1-2-3-4-5-6-7-8-9-10-11-15-18-23-24-19-20-25(23)21-22-16-13-12-14-17-22/h12-14,16-17,19-20H,2-11,15,18,21H2,1H3/p+1. The van der Waals surface area contributed by atoms with E-state index < -0.39 is 0 Å². The molecule has 0 fully saturated rings. The minimum atomic E-state index is 0.970. The minimum Gasteiger partial charge on any atom is -0.248 e. The number of aromatic amines is 1. The molecule has 2 heteroatoms. The number of unbranched alkanes of at least 4 members (excludes halogenated alkanes) is 10. The second kappa shape index (κ2) is 12.7. The summed E-state index contributed by atoms with van der Waals surface area (Å²) in [4.78, 5) is 3.42. The van der Waals surface area contributed by atoms with E-state index in [1.54, 1.807) is 0 Å². The summed E-state index contributed by atoms with van der Waals surface area (Å²) in [7, 11) is 0. The lowest BCUT2D eigenvalue weighted by Crippen LogP contribution is -2.36. The number of H-pyrrole nitrogens is 1. The van der Waals surface area contributed by atoms with E-state index in [-0.39, 0.29) is 0 Å². The Bertz CT molecular complexity index is 544. The van der Waals surface area contributed by atoms with Crippen molar-refractivity contribution >= 4 is 0 Å². The molecular weight excluding hydrogens is 304 g/mol. The first kappa shape index (κ1) is 19.8. The van der Waals surface area contributed by atoms with Crippen LogP contribution in [-0.2, 0) is 13.0 Å². The average Bonchev–Trinajstić information content (AvgIpc) is 3.07. The molecule has 1 aromatic heterocycles. The Hall–Kier alpha value is -1.57.